The molecule has 3 aromatic rings. The summed E-state index contributed by atoms with van der Waals surface area (Å²) in [6.07, 6.45) is 0.759. The molecule has 1 aliphatic heterocycles. The number of halogens is 1. The number of aromatic amines is 1. The van der Waals surface area contributed by atoms with Gasteiger partial charge < -0.3 is 15.0 Å². The van der Waals surface area contributed by atoms with Crippen LogP contribution < -0.4 is 5.32 Å². The third-order valence-electron chi connectivity index (χ3n) is 5.13. The fourth-order valence-electron chi connectivity index (χ4n) is 3.59. The molecular formula is C22H21ClN4O3. The van der Waals surface area contributed by atoms with Gasteiger partial charge in [0, 0.05) is 26.7 Å². The number of hydrogen-bond donors (Lipinski definition) is 2. The number of methoxy groups -OCH3 is 1. The van der Waals surface area contributed by atoms with Gasteiger partial charge in [0.05, 0.1) is 11.2 Å². The van der Waals surface area contributed by atoms with Crippen LogP contribution in [-0.2, 0) is 29.2 Å². The number of ether oxygens (including phenoxy) is 1. The largest absolute Gasteiger partial charge is 0.367 e. The minimum atomic E-state index is -0.659. The van der Waals surface area contributed by atoms with Crippen molar-refractivity contribution in [2.24, 2.45) is 0 Å². The maximum absolute atomic E-state index is 12.6. The topological polar surface area (TPSA) is 87.3 Å². The zero-order chi connectivity index (χ0) is 21.1. The van der Waals surface area contributed by atoms with E-state index in [1.807, 2.05) is 48.5 Å². The first-order valence-corrected chi connectivity index (χ1v) is 9.89. The van der Waals surface area contributed by atoms with Crippen LogP contribution >= 0.6 is 11.6 Å². The highest BCUT2D eigenvalue weighted by molar-refractivity contribution is 6.33. The smallest absolute Gasteiger partial charge is 0.274 e. The number of hydrogen-bond acceptors (Lipinski definition) is 4. The number of fused-ring (bicyclic) bond motifs is 1. The van der Waals surface area contributed by atoms with Crippen molar-refractivity contribution in [1.82, 2.24) is 20.4 Å². The standard InChI is InChI=1S/C22H21ClN4O3/c1-30-20(15-5-3-2-4-6-15)21(28)24-10-14-7-8-16-12-27(13-17(16)9-14)22(29)19-18(23)11-25-26-19/h2-9,11,20H,10,12-13H2,1H3,(H,24,28)(H,25,26). The van der Waals surface area contributed by atoms with Crippen molar-refractivity contribution in [1.29, 1.82) is 0 Å². The lowest BCUT2D eigenvalue weighted by atomic mass is 10.1. The van der Waals surface area contributed by atoms with E-state index in [0.29, 0.717) is 30.4 Å². The van der Waals surface area contributed by atoms with E-state index in [9.17, 15) is 9.59 Å². The van der Waals surface area contributed by atoms with Gasteiger partial charge in [0.15, 0.2) is 6.10 Å². The molecule has 1 atom stereocenters. The first-order valence-electron chi connectivity index (χ1n) is 9.51. The van der Waals surface area contributed by atoms with E-state index >= 15 is 0 Å². The van der Waals surface area contributed by atoms with Crippen molar-refractivity contribution in [3.05, 3.63) is 87.7 Å². The number of nitrogens with zero attached hydrogens (tertiary/aromatic N) is 2. The Balaban J connectivity index is 1.40. The van der Waals surface area contributed by atoms with Crippen LogP contribution in [0.3, 0.4) is 0 Å². The average Bonchev–Trinajstić information content (AvgIpc) is 3.38. The quantitative estimate of drug-likeness (QED) is 0.636. The number of amides is 2. The minimum Gasteiger partial charge on any atom is -0.367 e. The van der Waals surface area contributed by atoms with E-state index in [4.69, 9.17) is 16.3 Å². The monoisotopic (exact) mass is 424 g/mol. The van der Waals surface area contributed by atoms with Crippen LogP contribution in [0.4, 0.5) is 0 Å². The zero-order valence-corrected chi connectivity index (χ0v) is 17.1. The van der Waals surface area contributed by atoms with Gasteiger partial charge in [-0.2, -0.15) is 5.10 Å². The Labute approximate surface area is 179 Å². The van der Waals surface area contributed by atoms with Crippen LogP contribution in [0.5, 0.6) is 0 Å². The first kappa shape index (κ1) is 20.1. The number of carbonyl (C=O) groups excluding carboxylic acids is 2. The number of aromatic nitrogens is 2. The van der Waals surface area contributed by atoms with Gasteiger partial charge >= 0.3 is 0 Å². The zero-order valence-electron chi connectivity index (χ0n) is 16.4. The van der Waals surface area contributed by atoms with Crippen LogP contribution in [0.25, 0.3) is 0 Å². The summed E-state index contributed by atoms with van der Waals surface area (Å²) in [6, 6.07) is 15.3. The summed E-state index contributed by atoms with van der Waals surface area (Å²) in [7, 11) is 1.52. The number of rotatable bonds is 6. The van der Waals surface area contributed by atoms with Crippen molar-refractivity contribution in [3.63, 3.8) is 0 Å². The molecule has 1 unspecified atom stereocenters. The molecule has 0 aliphatic carbocycles. The van der Waals surface area contributed by atoms with Gasteiger partial charge in [0.2, 0.25) is 0 Å². The molecule has 1 aliphatic rings. The van der Waals surface area contributed by atoms with Gasteiger partial charge in [-0.3, -0.25) is 14.7 Å². The highest BCUT2D eigenvalue weighted by atomic mass is 35.5. The molecule has 2 amide bonds. The summed E-state index contributed by atoms with van der Waals surface area (Å²) in [5, 5.41) is 9.70. The van der Waals surface area contributed by atoms with Gasteiger partial charge in [-0.05, 0) is 22.3 Å². The lowest BCUT2D eigenvalue weighted by Gasteiger charge is -2.16. The van der Waals surface area contributed by atoms with Crippen LogP contribution in [0.15, 0.2) is 54.7 Å². The Hall–Kier alpha value is -3.16. The predicted octanol–water partition coefficient (Wildman–Crippen LogP) is 3.22. The maximum atomic E-state index is 12.6. The number of carbonyl (C=O) groups is 2. The van der Waals surface area contributed by atoms with Crippen LogP contribution in [-0.4, -0.2) is 34.0 Å². The van der Waals surface area contributed by atoms with Crippen molar-refractivity contribution in [2.45, 2.75) is 25.7 Å². The molecule has 2 aromatic carbocycles. The molecule has 30 heavy (non-hydrogen) atoms. The summed E-state index contributed by atoms with van der Waals surface area (Å²) in [5.41, 5.74) is 4.19. The Bertz CT molecular complexity index is 1070. The maximum Gasteiger partial charge on any atom is 0.274 e. The molecule has 2 heterocycles. The minimum absolute atomic E-state index is 0.186. The van der Waals surface area contributed by atoms with Crippen molar-refractivity contribution < 1.29 is 14.3 Å². The second-order valence-electron chi connectivity index (χ2n) is 7.10. The molecule has 8 heteroatoms. The fraction of sp³-hybridized carbons (Fsp3) is 0.227. The molecule has 1 aromatic heterocycles. The predicted molar refractivity (Wildman–Crippen MR) is 112 cm³/mol. The molecule has 7 nitrogen and oxygen atoms in total. The van der Waals surface area contributed by atoms with Gasteiger partial charge in [0.1, 0.15) is 5.69 Å². The second kappa shape index (κ2) is 8.69. The summed E-state index contributed by atoms with van der Waals surface area (Å²) in [4.78, 5) is 26.9. The lowest BCUT2D eigenvalue weighted by Crippen LogP contribution is -2.30. The van der Waals surface area contributed by atoms with E-state index in [2.05, 4.69) is 15.5 Å². The highest BCUT2D eigenvalue weighted by Crippen LogP contribution is 2.26. The van der Waals surface area contributed by atoms with Gasteiger partial charge in [0.25, 0.3) is 11.8 Å². The average molecular weight is 425 g/mol. The third-order valence-corrected chi connectivity index (χ3v) is 5.42. The van der Waals surface area contributed by atoms with E-state index in [1.165, 1.54) is 13.3 Å². The Morgan fingerprint density at radius 2 is 1.97 bits per heavy atom. The molecule has 0 saturated carbocycles. The summed E-state index contributed by atoms with van der Waals surface area (Å²) in [6.45, 7) is 1.37. The van der Waals surface area contributed by atoms with Gasteiger partial charge in [-0.25, -0.2) is 0 Å². The number of H-pyrrole nitrogens is 1. The SMILES string of the molecule is COC(C(=O)NCc1ccc2c(c1)CN(C(=O)c1[nH]ncc1Cl)C2)c1ccccc1. The number of nitrogens with one attached hydrogen (secondary N) is 2. The second-order valence-corrected chi connectivity index (χ2v) is 7.51. The van der Waals surface area contributed by atoms with E-state index < -0.39 is 6.10 Å². The van der Waals surface area contributed by atoms with Crippen LogP contribution in [0.1, 0.15) is 38.8 Å². The molecular weight excluding hydrogens is 404 g/mol. The van der Waals surface area contributed by atoms with Crippen LogP contribution in [0.2, 0.25) is 5.02 Å². The molecule has 4 rings (SSSR count). The highest BCUT2D eigenvalue weighted by Gasteiger charge is 2.27. The molecule has 0 spiro atoms. The molecule has 0 bridgehead atoms. The molecule has 0 radical (unpaired) electrons. The number of benzene rings is 2. The van der Waals surface area contributed by atoms with Gasteiger partial charge in [-0.15, -0.1) is 0 Å². The van der Waals surface area contributed by atoms with Crippen molar-refractivity contribution >= 4 is 23.4 Å². The third kappa shape index (κ3) is 4.08. The molecule has 0 saturated heterocycles. The normalized spacial score (nSPS) is 13.7. The fourth-order valence-corrected chi connectivity index (χ4v) is 3.76. The summed E-state index contributed by atoms with van der Waals surface area (Å²) in [5.74, 6) is -0.385. The Morgan fingerprint density at radius 3 is 2.67 bits per heavy atom. The van der Waals surface area contributed by atoms with Crippen LogP contribution in [0, 0.1) is 0 Å². The summed E-state index contributed by atoms with van der Waals surface area (Å²) < 4.78 is 5.37. The Morgan fingerprint density at radius 1 is 1.20 bits per heavy atom. The van der Waals surface area contributed by atoms with Crippen molar-refractivity contribution in [2.75, 3.05) is 7.11 Å². The van der Waals surface area contributed by atoms with E-state index in [-0.39, 0.29) is 11.8 Å². The van der Waals surface area contributed by atoms with Crippen molar-refractivity contribution in [3.8, 4) is 0 Å². The molecule has 2 N–H and O–H groups in total. The molecule has 0 fully saturated rings. The Kier molecular flexibility index (Phi) is 5.83. The first-order chi connectivity index (χ1) is 14.6. The summed E-state index contributed by atoms with van der Waals surface area (Å²) >= 11 is 6.01. The van der Waals surface area contributed by atoms with E-state index in [1.54, 1.807) is 4.90 Å². The lowest BCUT2D eigenvalue weighted by molar-refractivity contribution is -0.131. The van der Waals surface area contributed by atoms with Gasteiger partial charge in [-0.1, -0.05) is 60.1 Å². The van der Waals surface area contributed by atoms with E-state index in [0.717, 1.165) is 22.3 Å². The molecule has 154 valence electrons.